The lowest BCUT2D eigenvalue weighted by atomic mass is 10.2. The largest absolute Gasteiger partial charge is 0.317 e. The van der Waals surface area contributed by atoms with Gasteiger partial charge in [0.1, 0.15) is 0 Å². The molecule has 0 spiro atoms. The number of unbranched alkanes of at least 4 members (excludes halogenated alkanes) is 4. The van der Waals surface area contributed by atoms with Crippen LogP contribution >= 0.6 is 0 Å². The molecule has 0 bridgehead atoms. The van der Waals surface area contributed by atoms with E-state index >= 15 is 0 Å². The van der Waals surface area contributed by atoms with Gasteiger partial charge in [-0.2, -0.15) is 8.42 Å². The Morgan fingerprint density at radius 3 is 2.13 bits per heavy atom. The first-order valence-corrected chi connectivity index (χ1v) is 7.33. The van der Waals surface area contributed by atoms with E-state index in [-0.39, 0.29) is 5.75 Å². The first kappa shape index (κ1) is 14.9. The summed E-state index contributed by atoms with van der Waals surface area (Å²) < 4.78 is 29.2. The van der Waals surface area contributed by atoms with Gasteiger partial charge >= 0.3 is 0 Å². The standard InChI is InChI=1S/C10H23NO3S/c1-2-3-5-8-11-9-6-4-7-10-15(12,13)14/h11H,2-10H2,1H3,(H,12,13,14). The zero-order chi connectivity index (χ0) is 11.6. The Morgan fingerprint density at radius 2 is 1.60 bits per heavy atom. The van der Waals surface area contributed by atoms with Crippen molar-refractivity contribution < 1.29 is 13.0 Å². The Labute approximate surface area is 93.2 Å². The van der Waals surface area contributed by atoms with Crippen LogP contribution < -0.4 is 5.32 Å². The van der Waals surface area contributed by atoms with Crippen molar-refractivity contribution in [3.8, 4) is 0 Å². The van der Waals surface area contributed by atoms with Crippen molar-refractivity contribution >= 4 is 10.1 Å². The molecule has 0 saturated carbocycles. The summed E-state index contributed by atoms with van der Waals surface area (Å²) in [6.45, 7) is 4.16. The predicted octanol–water partition coefficient (Wildman–Crippen LogP) is 1.82. The highest BCUT2D eigenvalue weighted by molar-refractivity contribution is 7.85. The molecular formula is C10H23NO3S. The second-order valence-corrected chi connectivity index (χ2v) is 5.38. The molecule has 0 unspecified atom stereocenters. The van der Waals surface area contributed by atoms with Gasteiger partial charge in [0.05, 0.1) is 5.75 Å². The molecule has 2 N–H and O–H groups in total. The van der Waals surface area contributed by atoms with E-state index in [9.17, 15) is 8.42 Å². The third kappa shape index (κ3) is 13.9. The lowest BCUT2D eigenvalue weighted by Gasteiger charge is -2.03. The Balaban J connectivity index is 3.06. The van der Waals surface area contributed by atoms with E-state index in [0.717, 1.165) is 25.9 Å². The van der Waals surface area contributed by atoms with Crippen molar-refractivity contribution in [1.82, 2.24) is 5.32 Å². The van der Waals surface area contributed by atoms with Gasteiger partial charge in [-0.1, -0.05) is 26.2 Å². The Kier molecular flexibility index (Phi) is 9.04. The van der Waals surface area contributed by atoms with Crippen LogP contribution in [0.4, 0.5) is 0 Å². The zero-order valence-electron chi connectivity index (χ0n) is 9.54. The molecule has 0 atom stereocenters. The third-order valence-electron chi connectivity index (χ3n) is 2.21. The van der Waals surface area contributed by atoms with E-state index in [1.165, 1.54) is 19.3 Å². The summed E-state index contributed by atoms with van der Waals surface area (Å²) in [6, 6.07) is 0. The minimum Gasteiger partial charge on any atom is -0.317 e. The monoisotopic (exact) mass is 237 g/mol. The summed E-state index contributed by atoms with van der Waals surface area (Å²) >= 11 is 0. The molecule has 0 saturated heterocycles. The summed E-state index contributed by atoms with van der Waals surface area (Å²) in [5, 5.41) is 3.31. The molecule has 0 aromatic carbocycles. The maximum atomic E-state index is 10.4. The van der Waals surface area contributed by atoms with Crippen LogP contribution in [0.15, 0.2) is 0 Å². The van der Waals surface area contributed by atoms with Gasteiger partial charge in [0.15, 0.2) is 0 Å². The fourth-order valence-corrected chi connectivity index (χ4v) is 1.91. The first-order chi connectivity index (χ1) is 7.06. The first-order valence-electron chi connectivity index (χ1n) is 5.72. The summed E-state index contributed by atoms with van der Waals surface area (Å²) in [5.41, 5.74) is 0. The van der Waals surface area contributed by atoms with Crippen molar-refractivity contribution in [3.05, 3.63) is 0 Å². The van der Waals surface area contributed by atoms with Gasteiger partial charge in [-0.25, -0.2) is 0 Å². The molecule has 0 rings (SSSR count). The van der Waals surface area contributed by atoms with Gasteiger partial charge in [0.25, 0.3) is 10.1 Å². The van der Waals surface area contributed by atoms with Crippen LogP contribution in [0, 0.1) is 0 Å². The quantitative estimate of drug-likeness (QED) is 0.449. The average molecular weight is 237 g/mol. The van der Waals surface area contributed by atoms with Crippen LogP contribution in [0.1, 0.15) is 45.4 Å². The molecule has 0 aromatic rings. The summed E-state index contributed by atoms with van der Waals surface area (Å²) in [7, 11) is -3.75. The Morgan fingerprint density at radius 1 is 1.00 bits per heavy atom. The number of nitrogens with one attached hydrogen (secondary N) is 1. The number of hydrogen-bond donors (Lipinski definition) is 2. The van der Waals surface area contributed by atoms with Gasteiger partial charge in [-0.05, 0) is 32.4 Å². The van der Waals surface area contributed by atoms with Crippen molar-refractivity contribution in [2.45, 2.75) is 45.4 Å². The highest BCUT2D eigenvalue weighted by atomic mass is 32.2. The number of hydrogen-bond acceptors (Lipinski definition) is 3. The fraction of sp³-hybridized carbons (Fsp3) is 1.00. The van der Waals surface area contributed by atoms with Gasteiger partial charge in [0.2, 0.25) is 0 Å². The van der Waals surface area contributed by atoms with E-state index in [2.05, 4.69) is 12.2 Å². The Bertz CT molecular complexity index is 227. The molecule has 15 heavy (non-hydrogen) atoms. The third-order valence-corrected chi connectivity index (χ3v) is 3.02. The second kappa shape index (κ2) is 9.12. The van der Waals surface area contributed by atoms with Crippen molar-refractivity contribution in [2.24, 2.45) is 0 Å². The zero-order valence-corrected chi connectivity index (χ0v) is 10.4. The number of rotatable bonds is 10. The van der Waals surface area contributed by atoms with E-state index in [4.69, 9.17) is 4.55 Å². The molecule has 0 aliphatic rings. The average Bonchev–Trinajstić information content (AvgIpc) is 2.14. The molecule has 0 heterocycles. The normalized spacial score (nSPS) is 11.9. The molecule has 0 aliphatic heterocycles. The SMILES string of the molecule is CCCCCNCCCCCS(=O)(=O)O. The van der Waals surface area contributed by atoms with Crippen LogP contribution in [0.5, 0.6) is 0 Å². The minimum absolute atomic E-state index is 0.108. The molecule has 92 valence electrons. The molecule has 0 radical (unpaired) electrons. The van der Waals surface area contributed by atoms with Gasteiger partial charge in [-0.3, -0.25) is 4.55 Å². The van der Waals surface area contributed by atoms with Crippen LogP contribution in [0.25, 0.3) is 0 Å². The Hall–Kier alpha value is -0.130. The molecule has 0 fully saturated rings. The molecule has 0 aliphatic carbocycles. The van der Waals surface area contributed by atoms with Crippen LogP contribution in [0.2, 0.25) is 0 Å². The summed E-state index contributed by atoms with van der Waals surface area (Å²) in [4.78, 5) is 0. The van der Waals surface area contributed by atoms with E-state index in [1.807, 2.05) is 0 Å². The fourth-order valence-electron chi connectivity index (χ4n) is 1.34. The van der Waals surface area contributed by atoms with E-state index < -0.39 is 10.1 Å². The smallest absolute Gasteiger partial charge is 0.264 e. The molecule has 0 amide bonds. The topological polar surface area (TPSA) is 66.4 Å². The highest BCUT2D eigenvalue weighted by Crippen LogP contribution is 1.97. The molecule has 0 aromatic heterocycles. The van der Waals surface area contributed by atoms with Gasteiger partial charge in [0, 0.05) is 0 Å². The van der Waals surface area contributed by atoms with E-state index in [0.29, 0.717) is 6.42 Å². The van der Waals surface area contributed by atoms with Crippen LogP contribution in [-0.4, -0.2) is 31.8 Å². The van der Waals surface area contributed by atoms with Gasteiger partial charge in [-0.15, -0.1) is 0 Å². The maximum absolute atomic E-state index is 10.4. The minimum atomic E-state index is -3.75. The lowest BCUT2D eigenvalue weighted by molar-refractivity contribution is 0.478. The summed E-state index contributed by atoms with van der Waals surface area (Å²) in [6.07, 6.45) is 6.07. The van der Waals surface area contributed by atoms with Crippen LogP contribution in [-0.2, 0) is 10.1 Å². The lowest BCUT2D eigenvalue weighted by Crippen LogP contribution is -2.16. The van der Waals surface area contributed by atoms with Gasteiger partial charge < -0.3 is 5.32 Å². The van der Waals surface area contributed by atoms with E-state index in [1.54, 1.807) is 0 Å². The summed E-state index contributed by atoms with van der Waals surface area (Å²) in [5.74, 6) is -0.108. The molecule has 5 heteroatoms. The van der Waals surface area contributed by atoms with Crippen molar-refractivity contribution in [1.29, 1.82) is 0 Å². The van der Waals surface area contributed by atoms with Crippen molar-refractivity contribution in [3.63, 3.8) is 0 Å². The predicted molar refractivity (Wildman–Crippen MR) is 62.7 cm³/mol. The van der Waals surface area contributed by atoms with Crippen LogP contribution in [0.3, 0.4) is 0 Å². The molecule has 4 nitrogen and oxygen atoms in total. The highest BCUT2D eigenvalue weighted by Gasteiger charge is 2.02. The second-order valence-electron chi connectivity index (χ2n) is 3.80. The maximum Gasteiger partial charge on any atom is 0.264 e. The van der Waals surface area contributed by atoms with Crippen molar-refractivity contribution in [2.75, 3.05) is 18.8 Å². The molecular weight excluding hydrogens is 214 g/mol.